The predicted octanol–water partition coefficient (Wildman–Crippen LogP) is 3.59. The number of halogens is 2. The summed E-state index contributed by atoms with van der Waals surface area (Å²) in [5, 5.41) is 2.57. The van der Waals surface area contributed by atoms with E-state index < -0.39 is 15.8 Å². The van der Waals surface area contributed by atoms with E-state index in [0.29, 0.717) is 18.5 Å². The fourth-order valence-electron chi connectivity index (χ4n) is 3.81. The summed E-state index contributed by atoms with van der Waals surface area (Å²) in [5.74, 6) is -1.57. The smallest absolute Gasteiger partial charge is 0.243 e. The molecule has 1 saturated heterocycles. The lowest BCUT2D eigenvalue weighted by Gasteiger charge is -2.32. The van der Waals surface area contributed by atoms with Crippen LogP contribution in [0.15, 0.2) is 41.3 Å². The number of amides is 2. The number of benzene rings is 2. The maximum atomic E-state index is 13.4. The van der Waals surface area contributed by atoms with Crippen LogP contribution in [-0.2, 0) is 19.6 Å². The molecule has 178 valence electrons. The van der Waals surface area contributed by atoms with Gasteiger partial charge >= 0.3 is 0 Å². The fraction of sp³-hybridized carbons (Fsp3) is 0.391. The number of sulfonamides is 1. The van der Waals surface area contributed by atoms with Crippen molar-refractivity contribution in [2.24, 2.45) is 5.92 Å². The van der Waals surface area contributed by atoms with Crippen LogP contribution in [0.3, 0.4) is 0 Å². The molecule has 0 unspecified atom stereocenters. The second-order valence-electron chi connectivity index (χ2n) is 8.24. The molecule has 0 aliphatic carbocycles. The van der Waals surface area contributed by atoms with Gasteiger partial charge in [-0.15, -0.1) is 0 Å². The molecule has 1 N–H and O–H groups in total. The molecular weight excluding hydrogens is 469 g/mol. The minimum absolute atomic E-state index is 0.0843. The highest BCUT2D eigenvalue weighted by atomic mass is 35.5. The Morgan fingerprint density at radius 3 is 2.48 bits per heavy atom. The van der Waals surface area contributed by atoms with Crippen molar-refractivity contribution in [2.75, 3.05) is 32.0 Å². The number of piperidine rings is 1. The number of hydrogen-bond acceptors (Lipinski definition) is 4. The van der Waals surface area contributed by atoms with Crippen molar-refractivity contribution < 1.29 is 22.4 Å². The van der Waals surface area contributed by atoms with Gasteiger partial charge in [0.05, 0.1) is 16.5 Å². The number of anilines is 1. The quantitative estimate of drug-likeness (QED) is 0.663. The van der Waals surface area contributed by atoms with E-state index in [-0.39, 0.29) is 47.3 Å². The lowest BCUT2D eigenvalue weighted by molar-refractivity contribution is -0.138. The molecule has 7 nitrogen and oxygen atoms in total. The highest BCUT2D eigenvalue weighted by molar-refractivity contribution is 7.89. The highest BCUT2D eigenvalue weighted by Gasteiger charge is 2.33. The van der Waals surface area contributed by atoms with Crippen molar-refractivity contribution in [1.82, 2.24) is 9.21 Å². The molecule has 1 aliphatic heterocycles. The largest absolute Gasteiger partial charge is 0.336 e. The molecule has 0 atom stereocenters. The number of nitrogens with zero attached hydrogens (tertiary/aromatic N) is 2. The molecule has 2 aromatic rings. The summed E-state index contributed by atoms with van der Waals surface area (Å²) >= 11 is 5.73. The molecule has 3 rings (SSSR count). The number of carbonyl (C=O) groups is 2. The maximum absolute atomic E-state index is 13.4. The molecule has 2 amide bonds. The lowest BCUT2D eigenvalue weighted by Crippen LogP contribution is -2.45. The summed E-state index contributed by atoms with van der Waals surface area (Å²) < 4.78 is 40.3. The molecule has 1 fully saturated rings. The second-order valence-corrected chi connectivity index (χ2v) is 10.6. The zero-order valence-corrected chi connectivity index (χ0v) is 20.3. The summed E-state index contributed by atoms with van der Waals surface area (Å²) in [4.78, 5) is 26.6. The Morgan fingerprint density at radius 1 is 1.18 bits per heavy atom. The van der Waals surface area contributed by atoms with Gasteiger partial charge in [0.15, 0.2) is 0 Å². The van der Waals surface area contributed by atoms with Gasteiger partial charge in [-0.2, -0.15) is 4.31 Å². The van der Waals surface area contributed by atoms with Gasteiger partial charge in [-0.25, -0.2) is 12.8 Å². The van der Waals surface area contributed by atoms with E-state index in [0.717, 1.165) is 23.3 Å². The number of aryl methyl sites for hydroxylation is 1. The Kier molecular flexibility index (Phi) is 7.76. The van der Waals surface area contributed by atoms with Gasteiger partial charge in [0.2, 0.25) is 21.8 Å². The van der Waals surface area contributed by atoms with E-state index in [9.17, 15) is 22.4 Å². The van der Waals surface area contributed by atoms with Crippen molar-refractivity contribution in [1.29, 1.82) is 0 Å². The molecule has 33 heavy (non-hydrogen) atoms. The summed E-state index contributed by atoms with van der Waals surface area (Å²) in [6.07, 6.45) is 0.659. The van der Waals surface area contributed by atoms with Crippen molar-refractivity contribution in [3.63, 3.8) is 0 Å². The Balaban J connectivity index is 1.56. The van der Waals surface area contributed by atoms with Crippen molar-refractivity contribution in [2.45, 2.75) is 31.6 Å². The first-order chi connectivity index (χ1) is 15.5. The SMILES string of the molecule is Cc1cccc(NC(=O)CN(C)C(=O)C2CCN(S(=O)(=O)c3ccc(F)c(Cl)c3)CC2)c1C. The molecule has 0 spiro atoms. The van der Waals surface area contributed by atoms with Gasteiger partial charge in [-0.05, 0) is 62.1 Å². The van der Waals surface area contributed by atoms with Gasteiger partial charge in [0.25, 0.3) is 0 Å². The molecule has 10 heteroatoms. The number of nitrogens with one attached hydrogen (secondary N) is 1. The lowest BCUT2D eigenvalue weighted by atomic mass is 9.96. The van der Waals surface area contributed by atoms with Gasteiger partial charge < -0.3 is 10.2 Å². The topological polar surface area (TPSA) is 86.8 Å². The van der Waals surface area contributed by atoms with E-state index in [2.05, 4.69) is 5.32 Å². The molecule has 0 aromatic heterocycles. The molecular formula is C23H27ClFN3O4S. The second kappa shape index (κ2) is 10.2. The van der Waals surface area contributed by atoms with Gasteiger partial charge in [0.1, 0.15) is 5.82 Å². The van der Waals surface area contributed by atoms with Crippen LogP contribution in [0, 0.1) is 25.6 Å². The summed E-state index contributed by atoms with van der Waals surface area (Å²) in [6.45, 7) is 4.07. The van der Waals surface area contributed by atoms with E-state index in [4.69, 9.17) is 11.6 Å². The number of carbonyl (C=O) groups excluding carboxylic acids is 2. The first-order valence-electron chi connectivity index (χ1n) is 10.6. The average Bonchev–Trinajstić information content (AvgIpc) is 2.78. The van der Waals surface area contributed by atoms with Crippen LogP contribution in [0.25, 0.3) is 0 Å². The Bertz CT molecular complexity index is 1160. The third kappa shape index (κ3) is 5.72. The van der Waals surface area contributed by atoms with E-state index >= 15 is 0 Å². The van der Waals surface area contributed by atoms with Crippen molar-refractivity contribution >= 4 is 39.1 Å². The standard InChI is InChI=1S/C23H27ClFN3O4S/c1-15-5-4-6-21(16(15)2)26-22(29)14-27(3)23(30)17-9-11-28(12-10-17)33(31,32)18-7-8-20(25)19(24)13-18/h4-8,13,17H,9-12,14H2,1-3H3,(H,26,29). The first kappa shape index (κ1) is 25.1. The zero-order chi connectivity index (χ0) is 24.3. The first-order valence-corrected chi connectivity index (χ1v) is 12.4. The van der Waals surface area contributed by atoms with Gasteiger partial charge in [-0.3, -0.25) is 9.59 Å². The monoisotopic (exact) mass is 495 g/mol. The number of hydrogen-bond donors (Lipinski definition) is 1. The fourth-order valence-corrected chi connectivity index (χ4v) is 5.55. The normalized spacial score (nSPS) is 15.3. The third-order valence-electron chi connectivity index (χ3n) is 5.97. The van der Waals surface area contributed by atoms with Crippen LogP contribution in [-0.4, -0.2) is 56.1 Å². The van der Waals surface area contributed by atoms with Crippen LogP contribution >= 0.6 is 11.6 Å². The molecule has 0 saturated carbocycles. The summed E-state index contributed by atoms with van der Waals surface area (Å²) in [5.41, 5.74) is 2.73. The maximum Gasteiger partial charge on any atom is 0.243 e. The minimum atomic E-state index is -3.84. The molecule has 2 aromatic carbocycles. The van der Waals surface area contributed by atoms with Gasteiger partial charge in [0, 0.05) is 31.7 Å². The van der Waals surface area contributed by atoms with Crippen LogP contribution < -0.4 is 5.32 Å². The third-order valence-corrected chi connectivity index (χ3v) is 8.15. The van der Waals surface area contributed by atoms with Crippen molar-refractivity contribution in [3.05, 3.63) is 58.4 Å². The average molecular weight is 496 g/mol. The van der Waals surface area contributed by atoms with E-state index in [1.807, 2.05) is 32.0 Å². The van der Waals surface area contributed by atoms with Crippen LogP contribution in [0.1, 0.15) is 24.0 Å². The zero-order valence-electron chi connectivity index (χ0n) is 18.8. The minimum Gasteiger partial charge on any atom is -0.336 e. The van der Waals surface area contributed by atoms with Crippen LogP contribution in [0.4, 0.5) is 10.1 Å². The predicted molar refractivity (Wildman–Crippen MR) is 125 cm³/mol. The van der Waals surface area contributed by atoms with E-state index in [1.165, 1.54) is 15.3 Å². The molecule has 0 radical (unpaired) electrons. The molecule has 0 bridgehead atoms. The Hall–Kier alpha value is -2.49. The Morgan fingerprint density at radius 2 is 1.85 bits per heavy atom. The summed E-state index contributed by atoms with van der Waals surface area (Å²) in [7, 11) is -2.27. The van der Waals surface area contributed by atoms with Gasteiger partial charge in [-0.1, -0.05) is 23.7 Å². The molecule has 1 aliphatic rings. The van der Waals surface area contributed by atoms with Crippen LogP contribution in [0.5, 0.6) is 0 Å². The van der Waals surface area contributed by atoms with Crippen molar-refractivity contribution in [3.8, 4) is 0 Å². The molecule has 1 heterocycles. The van der Waals surface area contributed by atoms with E-state index in [1.54, 1.807) is 7.05 Å². The number of rotatable bonds is 6. The highest BCUT2D eigenvalue weighted by Crippen LogP contribution is 2.27. The summed E-state index contributed by atoms with van der Waals surface area (Å²) in [6, 6.07) is 8.91. The number of likely N-dealkylation sites (N-methyl/N-ethyl adjacent to an activating group) is 1. The Labute approximate surface area is 198 Å². The van der Waals surface area contributed by atoms with Crippen LogP contribution in [0.2, 0.25) is 5.02 Å².